The zero-order valence-corrected chi connectivity index (χ0v) is 11.1. The van der Waals surface area contributed by atoms with Crippen molar-refractivity contribution < 1.29 is 9.94 Å². The lowest BCUT2D eigenvalue weighted by atomic mass is 10.1. The SMILES string of the molecule is Cc1ccc(C)c(COc2cccc(/C=N\O)c2)c1. The first-order chi connectivity index (χ1) is 9.19. The van der Waals surface area contributed by atoms with E-state index in [1.807, 2.05) is 24.3 Å². The van der Waals surface area contributed by atoms with Crippen molar-refractivity contribution in [1.29, 1.82) is 0 Å². The molecule has 3 heteroatoms. The van der Waals surface area contributed by atoms with Crippen molar-refractivity contribution in [1.82, 2.24) is 0 Å². The van der Waals surface area contributed by atoms with Crippen LogP contribution in [-0.2, 0) is 6.61 Å². The third kappa shape index (κ3) is 3.58. The fourth-order valence-corrected chi connectivity index (χ4v) is 1.87. The van der Waals surface area contributed by atoms with Gasteiger partial charge in [-0.1, -0.05) is 41.1 Å². The Morgan fingerprint density at radius 2 is 2.00 bits per heavy atom. The number of hydrogen-bond donors (Lipinski definition) is 1. The molecule has 0 heterocycles. The lowest BCUT2D eigenvalue weighted by Crippen LogP contribution is -1.98. The van der Waals surface area contributed by atoms with Crippen LogP contribution in [-0.4, -0.2) is 11.4 Å². The van der Waals surface area contributed by atoms with E-state index in [1.165, 1.54) is 22.9 Å². The summed E-state index contributed by atoms with van der Waals surface area (Å²) in [4.78, 5) is 0. The minimum absolute atomic E-state index is 0.535. The summed E-state index contributed by atoms with van der Waals surface area (Å²) in [7, 11) is 0. The highest BCUT2D eigenvalue weighted by Gasteiger charge is 2.01. The first-order valence-electron chi connectivity index (χ1n) is 6.15. The first kappa shape index (κ1) is 13.1. The molecule has 0 radical (unpaired) electrons. The van der Waals surface area contributed by atoms with Crippen LogP contribution < -0.4 is 4.74 Å². The van der Waals surface area contributed by atoms with Crippen LogP contribution >= 0.6 is 0 Å². The Morgan fingerprint density at radius 1 is 1.16 bits per heavy atom. The number of benzene rings is 2. The van der Waals surface area contributed by atoms with Gasteiger partial charge in [0, 0.05) is 0 Å². The molecule has 0 aliphatic heterocycles. The summed E-state index contributed by atoms with van der Waals surface area (Å²) in [6.07, 6.45) is 1.38. The monoisotopic (exact) mass is 255 g/mol. The summed E-state index contributed by atoms with van der Waals surface area (Å²) in [6.45, 7) is 4.68. The largest absolute Gasteiger partial charge is 0.489 e. The maximum absolute atomic E-state index is 8.51. The lowest BCUT2D eigenvalue weighted by Gasteiger charge is -2.10. The van der Waals surface area contributed by atoms with Crippen LogP contribution in [0.1, 0.15) is 22.3 Å². The van der Waals surface area contributed by atoms with E-state index < -0.39 is 0 Å². The van der Waals surface area contributed by atoms with Crippen LogP contribution in [0.15, 0.2) is 47.6 Å². The summed E-state index contributed by atoms with van der Waals surface area (Å²) in [5.74, 6) is 0.762. The Kier molecular flexibility index (Phi) is 4.18. The highest BCUT2D eigenvalue weighted by Crippen LogP contribution is 2.17. The summed E-state index contributed by atoms with van der Waals surface area (Å²) < 4.78 is 5.77. The fraction of sp³-hybridized carbons (Fsp3) is 0.188. The van der Waals surface area contributed by atoms with E-state index >= 15 is 0 Å². The van der Waals surface area contributed by atoms with Gasteiger partial charge in [-0.15, -0.1) is 0 Å². The van der Waals surface area contributed by atoms with E-state index in [9.17, 15) is 0 Å². The molecule has 2 aromatic carbocycles. The van der Waals surface area contributed by atoms with Crippen molar-refractivity contribution in [2.45, 2.75) is 20.5 Å². The molecule has 98 valence electrons. The number of oxime groups is 1. The molecule has 1 N–H and O–H groups in total. The molecule has 0 spiro atoms. The van der Waals surface area contributed by atoms with Crippen molar-refractivity contribution in [2.24, 2.45) is 5.16 Å². The molecule has 2 rings (SSSR count). The van der Waals surface area contributed by atoms with Crippen LogP contribution in [0.4, 0.5) is 0 Å². The molecule has 0 unspecified atom stereocenters. The average Bonchev–Trinajstić information content (AvgIpc) is 2.41. The van der Waals surface area contributed by atoms with Gasteiger partial charge >= 0.3 is 0 Å². The number of nitrogens with zero attached hydrogens (tertiary/aromatic N) is 1. The van der Waals surface area contributed by atoms with E-state index in [-0.39, 0.29) is 0 Å². The first-order valence-corrected chi connectivity index (χ1v) is 6.15. The van der Waals surface area contributed by atoms with Crippen LogP contribution in [0.2, 0.25) is 0 Å². The van der Waals surface area contributed by atoms with Crippen molar-refractivity contribution in [3.63, 3.8) is 0 Å². The van der Waals surface area contributed by atoms with Gasteiger partial charge in [0.05, 0.1) is 6.21 Å². The minimum Gasteiger partial charge on any atom is -0.489 e. The van der Waals surface area contributed by atoms with E-state index in [4.69, 9.17) is 9.94 Å². The third-order valence-corrected chi connectivity index (χ3v) is 2.96. The van der Waals surface area contributed by atoms with Gasteiger partial charge in [-0.05, 0) is 42.7 Å². The van der Waals surface area contributed by atoms with Crippen LogP contribution in [0.25, 0.3) is 0 Å². The molecule has 0 saturated heterocycles. The summed E-state index contributed by atoms with van der Waals surface area (Å²) in [5.41, 5.74) is 4.44. The van der Waals surface area contributed by atoms with Crippen molar-refractivity contribution in [2.75, 3.05) is 0 Å². The topological polar surface area (TPSA) is 41.8 Å². The number of ether oxygens (including phenoxy) is 1. The molecular formula is C16H17NO2. The predicted octanol–water partition coefficient (Wildman–Crippen LogP) is 3.69. The Hall–Kier alpha value is -2.29. The van der Waals surface area contributed by atoms with Crippen molar-refractivity contribution >= 4 is 6.21 Å². The molecular weight excluding hydrogens is 238 g/mol. The number of aryl methyl sites for hydroxylation is 2. The second-order valence-electron chi connectivity index (χ2n) is 4.54. The van der Waals surface area contributed by atoms with E-state index in [2.05, 4.69) is 37.2 Å². The predicted molar refractivity (Wildman–Crippen MR) is 76.1 cm³/mol. The summed E-state index contributed by atoms with van der Waals surface area (Å²) in [5, 5.41) is 11.5. The Bertz CT molecular complexity index is 591. The molecule has 2 aromatic rings. The van der Waals surface area contributed by atoms with Crippen LogP contribution in [0.3, 0.4) is 0 Å². The van der Waals surface area contributed by atoms with Gasteiger partial charge in [0.2, 0.25) is 0 Å². The maximum atomic E-state index is 8.51. The molecule has 0 atom stereocenters. The fourth-order valence-electron chi connectivity index (χ4n) is 1.87. The second-order valence-corrected chi connectivity index (χ2v) is 4.54. The normalized spacial score (nSPS) is 10.8. The summed E-state index contributed by atoms with van der Waals surface area (Å²) in [6, 6.07) is 13.8. The maximum Gasteiger partial charge on any atom is 0.120 e. The molecule has 0 aliphatic carbocycles. The average molecular weight is 255 g/mol. The standard InChI is InChI=1S/C16H17NO2/c1-12-6-7-13(2)15(8-12)11-19-16-5-3-4-14(9-16)10-17-18/h3-10,18H,11H2,1-2H3/b17-10-. The zero-order valence-electron chi connectivity index (χ0n) is 11.1. The quantitative estimate of drug-likeness (QED) is 0.514. The lowest BCUT2D eigenvalue weighted by molar-refractivity contribution is 0.305. The van der Waals surface area contributed by atoms with E-state index in [1.54, 1.807) is 0 Å². The molecule has 0 aromatic heterocycles. The van der Waals surface area contributed by atoms with Gasteiger partial charge < -0.3 is 9.94 Å². The number of rotatable bonds is 4. The van der Waals surface area contributed by atoms with Crippen molar-refractivity contribution in [3.05, 3.63) is 64.7 Å². The third-order valence-electron chi connectivity index (χ3n) is 2.96. The van der Waals surface area contributed by atoms with Crippen LogP contribution in [0, 0.1) is 13.8 Å². The van der Waals surface area contributed by atoms with E-state index in [0.717, 1.165) is 11.3 Å². The minimum atomic E-state index is 0.535. The highest BCUT2D eigenvalue weighted by atomic mass is 16.5. The van der Waals surface area contributed by atoms with Crippen LogP contribution in [0.5, 0.6) is 5.75 Å². The highest BCUT2D eigenvalue weighted by molar-refractivity contribution is 5.79. The van der Waals surface area contributed by atoms with Gasteiger partial charge in [-0.25, -0.2) is 0 Å². The van der Waals surface area contributed by atoms with Gasteiger partial charge in [-0.2, -0.15) is 0 Å². The van der Waals surface area contributed by atoms with Gasteiger partial charge in [0.25, 0.3) is 0 Å². The van der Waals surface area contributed by atoms with Gasteiger partial charge in [0.1, 0.15) is 12.4 Å². The zero-order chi connectivity index (χ0) is 13.7. The smallest absolute Gasteiger partial charge is 0.120 e. The van der Waals surface area contributed by atoms with Gasteiger partial charge in [-0.3, -0.25) is 0 Å². The Balaban J connectivity index is 2.10. The molecule has 19 heavy (non-hydrogen) atoms. The number of hydrogen-bond acceptors (Lipinski definition) is 3. The summed E-state index contributed by atoms with van der Waals surface area (Å²) >= 11 is 0. The van der Waals surface area contributed by atoms with Gasteiger partial charge in [0.15, 0.2) is 0 Å². The molecule has 3 nitrogen and oxygen atoms in total. The molecule has 0 bridgehead atoms. The second kappa shape index (κ2) is 6.05. The molecule has 0 amide bonds. The molecule has 0 aliphatic rings. The Labute approximate surface area is 113 Å². The molecule has 0 fully saturated rings. The van der Waals surface area contributed by atoms with E-state index in [0.29, 0.717) is 6.61 Å². The Morgan fingerprint density at radius 3 is 2.79 bits per heavy atom. The van der Waals surface area contributed by atoms with Crippen molar-refractivity contribution in [3.8, 4) is 5.75 Å². The molecule has 0 saturated carbocycles.